The summed E-state index contributed by atoms with van der Waals surface area (Å²) < 4.78 is 14.8. The van der Waals surface area contributed by atoms with Crippen LogP contribution < -0.4 is 10.2 Å². The molecule has 0 aliphatic carbocycles. The molecule has 9 nitrogen and oxygen atoms in total. The number of carbonyl (C=O) groups is 2. The number of halogens is 2. The molecule has 3 amide bonds. The molecular weight excluding hydrogens is 449 g/mol. The summed E-state index contributed by atoms with van der Waals surface area (Å²) in [4.78, 5) is 38.5. The van der Waals surface area contributed by atoms with Crippen molar-refractivity contribution in [2.45, 2.75) is 13.5 Å². The van der Waals surface area contributed by atoms with E-state index in [1.165, 1.54) is 23.2 Å². The number of imide groups is 1. The fourth-order valence-corrected chi connectivity index (χ4v) is 3.68. The Labute approximate surface area is 193 Å². The van der Waals surface area contributed by atoms with Crippen LogP contribution in [-0.4, -0.2) is 43.9 Å². The highest BCUT2D eigenvalue weighted by molar-refractivity contribution is 6.35. The van der Waals surface area contributed by atoms with Crippen molar-refractivity contribution in [2.75, 3.05) is 17.3 Å². The molecule has 0 saturated carbocycles. The standard InChI is InChI=1S/C22H21ClFN7O2/c1-13-20(28-21(29(13)2)27-14-7-8-19(24)25-10-14)30(3)22(33)31(12-32)11-15-9-16-17(23)5-4-6-18(16)26-15/h4-10,12,26H,11H2,1-3H3,(H,27,28). The maximum Gasteiger partial charge on any atom is 0.332 e. The lowest BCUT2D eigenvalue weighted by molar-refractivity contribution is -0.116. The van der Waals surface area contributed by atoms with E-state index in [-0.39, 0.29) is 6.54 Å². The maximum atomic E-state index is 13.1. The fraction of sp³-hybridized carbons (Fsp3) is 0.182. The molecule has 3 aromatic heterocycles. The number of H-pyrrole nitrogens is 1. The zero-order valence-electron chi connectivity index (χ0n) is 18.1. The molecule has 3 heterocycles. The molecule has 0 radical (unpaired) electrons. The minimum atomic E-state index is -0.589. The van der Waals surface area contributed by atoms with E-state index in [1.54, 1.807) is 31.7 Å². The average molecular weight is 470 g/mol. The molecule has 0 unspecified atom stereocenters. The third-order valence-corrected chi connectivity index (χ3v) is 5.65. The number of hydrogen-bond acceptors (Lipinski definition) is 5. The van der Waals surface area contributed by atoms with Gasteiger partial charge in [0, 0.05) is 35.7 Å². The molecule has 170 valence electrons. The number of aromatic nitrogens is 4. The van der Waals surface area contributed by atoms with Gasteiger partial charge in [0.2, 0.25) is 18.3 Å². The number of nitrogens with zero attached hydrogens (tertiary/aromatic N) is 5. The van der Waals surface area contributed by atoms with Gasteiger partial charge in [-0.05, 0) is 37.3 Å². The van der Waals surface area contributed by atoms with Gasteiger partial charge in [0.15, 0.2) is 5.82 Å². The molecule has 11 heteroatoms. The fourth-order valence-electron chi connectivity index (χ4n) is 3.45. The number of aromatic amines is 1. The molecule has 0 fully saturated rings. The van der Waals surface area contributed by atoms with Crippen LogP contribution in [0.5, 0.6) is 0 Å². The first-order valence-corrected chi connectivity index (χ1v) is 10.3. The number of nitrogens with one attached hydrogen (secondary N) is 2. The Kier molecular flexibility index (Phi) is 6.01. The quantitative estimate of drug-likeness (QED) is 0.323. The largest absolute Gasteiger partial charge is 0.357 e. The van der Waals surface area contributed by atoms with Crippen LogP contribution in [0.2, 0.25) is 5.02 Å². The zero-order valence-corrected chi connectivity index (χ0v) is 18.9. The third-order valence-electron chi connectivity index (χ3n) is 5.32. The molecule has 1 aromatic carbocycles. The van der Waals surface area contributed by atoms with Crippen LogP contribution in [0, 0.1) is 12.9 Å². The van der Waals surface area contributed by atoms with Crippen molar-refractivity contribution in [1.82, 2.24) is 24.4 Å². The lowest BCUT2D eigenvalue weighted by Crippen LogP contribution is -2.40. The predicted molar refractivity (Wildman–Crippen MR) is 124 cm³/mol. The number of urea groups is 1. The maximum absolute atomic E-state index is 13.1. The summed E-state index contributed by atoms with van der Waals surface area (Å²) in [6.45, 7) is 1.83. The molecule has 0 saturated heterocycles. The van der Waals surface area contributed by atoms with E-state index in [0.717, 1.165) is 15.8 Å². The molecule has 4 aromatic rings. The third kappa shape index (κ3) is 4.37. The van der Waals surface area contributed by atoms with Crippen molar-refractivity contribution >= 4 is 52.4 Å². The van der Waals surface area contributed by atoms with E-state index >= 15 is 0 Å². The Morgan fingerprint density at radius 2 is 2.12 bits per heavy atom. The van der Waals surface area contributed by atoms with Crippen molar-refractivity contribution in [3.8, 4) is 0 Å². The van der Waals surface area contributed by atoms with E-state index in [4.69, 9.17) is 11.6 Å². The first-order chi connectivity index (χ1) is 15.8. The number of anilines is 3. The monoisotopic (exact) mass is 469 g/mol. The molecule has 4 rings (SSSR count). The summed E-state index contributed by atoms with van der Waals surface area (Å²) in [6.07, 6.45) is 1.82. The molecule has 0 atom stereocenters. The van der Waals surface area contributed by atoms with Crippen LogP contribution in [0.4, 0.5) is 26.6 Å². The van der Waals surface area contributed by atoms with E-state index in [1.807, 2.05) is 18.2 Å². The van der Waals surface area contributed by atoms with Gasteiger partial charge in [0.05, 0.1) is 24.1 Å². The first-order valence-electron chi connectivity index (χ1n) is 9.96. The van der Waals surface area contributed by atoms with E-state index in [0.29, 0.717) is 40.3 Å². The van der Waals surface area contributed by atoms with Crippen LogP contribution >= 0.6 is 11.6 Å². The minimum Gasteiger partial charge on any atom is -0.357 e. The number of pyridine rings is 1. The molecule has 0 aliphatic rings. The van der Waals surface area contributed by atoms with Crippen molar-refractivity contribution in [3.63, 3.8) is 0 Å². The van der Waals surface area contributed by atoms with Crippen molar-refractivity contribution < 1.29 is 14.0 Å². The van der Waals surface area contributed by atoms with Gasteiger partial charge in [-0.25, -0.2) is 9.78 Å². The number of amides is 3. The smallest absolute Gasteiger partial charge is 0.332 e. The topological polar surface area (TPSA) is 99.2 Å². The Morgan fingerprint density at radius 1 is 1.33 bits per heavy atom. The van der Waals surface area contributed by atoms with Gasteiger partial charge in [0.1, 0.15) is 0 Å². The van der Waals surface area contributed by atoms with Gasteiger partial charge in [-0.3, -0.25) is 14.6 Å². The van der Waals surface area contributed by atoms with Gasteiger partial charge in [-0.2, -0.15) is 9.37 Å². The highest BCUT2D eigenvalue weighted by atomic mass is 35.5. The number of imidazole rings is 1. The molecule has 2 N–H and O–H groups in total. The highest BCUT2D eigenvalue weighted by Crippen LogP contribution is 2.26. The van der Waals surface area contributed by atoms with E-state index < -0.39 is 12.0 Å². The van der Waals surface area contributed by atoms with Crippen molar-refractivity contribution in [2.24, 2.45) is 7.05 Å². The Hall–Kier alpha value is -3.92. The molecule has 33 heavy (non-hydrogen) atoms. The normalized spacial score (nSPS) is 10.9. The van der Waals surface area contributed by atoms with Gasteiger partial charge >= 0.3 is 6.03 Å². The predicted octanol–water partition coefficient (Wildman–Crippen LogP) is 4.36. The zero-order chi connectivity index (χ0) is 23.7. The van der Waals surface area contributed by atoms with Gasteiger partial charge in [-0.1, -0.05) is 17.7 Å². The summed E-state index contributed by atoms with van der Waals surface area (Å²) in [7, 11) is 3.31. The number of rotatable bonds is 6. The summed E-state index contributed by atoms with van der Waals surface area (Å²) in [5, 5.41) is 4.43. The lowest BCUT2D eigenvalue weighted by atomic mass is 10.2. The second kappa shape index (κ2) is 8.91. The minimum absolute atomic E-state index is 0.0376. The van der Waals surface area contributed by atoms with Crippen molar-refractivity contribution in [1.29, 1.82) is 0 Å². The molecule has 0 spiro atoms. The van der Waals surface area contributed by atoms with Crippen LogP contribution in [0.25, 0.3) is 10.9 Å². The molecule has 0 aliphatic heterocycles. The van der Waals surface area contributed by atoms with Crippen LogP contribution in [-0.2, 0) is 18.4 Å². The summed E-state index contributed by atoms with van der Waals surface area (Å²) in [5.41, 5.74) is 2.70. The molecule has 0 bridgehead atoms. The summed E-state index contributed by atoms with van der Waals surface area (Å²) in [6, 6.07) is 9.48. The van der Waals surface area contributed by atoms with Crippen LogP contribution in [0.15, 0.2) is 42.6 Å². The van der Waals surface area contributed by atoms with Gasteiger partial charge in [-0.15, -0.1) is 0 Å². The second-order valence-corrected chi connectivity index (χ2v) is 7.88. The van der Waals surface area contributed by atoms with Crippen molar-refractivity contribution in [3.05, 3.63) is 65.0 Å². The van der Waals surface area contributed by atoms with Gasteiger partial charge in [0.25, 0.3) is 0 Å². The lowest BCUT2D eigenvalue weighted by Gasteiger charge is -2.22. The van der Waals surface area contributed by atoms with Crippen LogP contribution in [0.3, 0.4) is 0 Å². The summed E-state index contributed by atoms with van der Waals surface area (Å²) >= 11 is 6.22. The summed E-state index contributed by atoms with van der Waals surface area (Å²) in [5.74, 6) is 0.207. The Balaban J connectivity index is 1.54. The Morgan fingerprint density at radius 3 is 2.79 bits per heavy atom. The number of hydrogen-bond donors (Lipinski definition) is 2. The second-order valence-electron chi connectivity index (χ2n) is 7.47. The van der Waals surface area contributed by atoms with E-state index in [9.17, 15) is 14.0 Å². The number of benzene rings is 1. The van der Waals surface area contributed by atoms with E-state index in [2.05, 4.69) is 20.3 Å². The van der Waals surface area contributed by atoms with Crippen LogP contribution in [0.1, 0.15) is 11.4 Å². The first kappa shape index (κ1) is 22.3. The molecular formula is C22H21ClFN7O2. The number of fused-ring (bicyclic) bond motifs is 1. The average Bonchev–Trinajstić information content (AvgIpc) is 3.35. The highest BCUT2D eigenvalue weighted by Gasteiger charge is 2.25. The van der Waals surface area contributed by atoms with Gasteiger partial charge < -0.3 is 14.9 Å². The Bertz CT molecular complexity index is 1330. The number of carbonyl (C=O) groups excluding carboxylic acids is 2. The SMILES string of the molecule is Cc1c(N(C)C(=O)N(C=O)Cc2cc3c(Cl)cccc3[nH]2)nc(Nc2ccc(F)nc2)n1C.